The number of nitrogens with zero attached hydrogens (tertiary/aromatic N) is 1. The molecule has 146 valence electrons. The zero-order valence-electron chi connectivity index (χ0n) is 15.5. The van der Waals surface area contributed by atoms with E-state index in [1.807, 2.05) is 6.07 Å². The first kappa shape index (κ1) is 18.7. The Bertz CT molecular complexity index is 895. The molecule has 1 aliphatic carbocycles. The average molecular weight is 398 g/mol. The predicted molar refractivity (Wildman–Crippen MR) is 108 cm³/mol. The summed E-state index contributed by atoms with van der Waals surface area (Å²) < 4.78 is 5.28. The highest BCUT2D eigenvalue weighted by Gasteiger charge is 2.27. The van der Waals surface area contributed by atoms with Crippen molar-refractivity contribution >= 4 is 40.5 Å². The van der Waals surface area contributed by atoms with E-state index in [0.717, 1.165) is 25.7 Å². The van der Waals surface area contributed by atoms with Crippen LogP contribution in [0.5, 0.6) is 0 Å². The molecule has 0 atom stereocenters. The fourth-order valence-electron chi connectivity index (χ4n) is 3.68. The van der Waals surface area contributed by atoms with Gasteiger partial charge in [0.05, 0.1) is 11.4 Å². The Labute approximate surface area is 167 Å². The lowest BCUT2D eigenvalue weighted by atomic mass is 10.00. The van der Waals surface area contributed by atoms with Gasteiger partial charge >= 0.3 is 5.97 Å². The van der Waals surface area contributed by atoms with Gasteiger partial charge in [0.1, 0.15) is 11.4 Å². The van der Waals surface area contributed by atoms with Crippen LogP contribution in [-0.2, 0) is 27.2 Å². The van der Waals surface area contributed by atoms with Crippen LogP contribution in [0.2, 0.25) is 0 Å². The monoisotopic (exact) mass is 398 g/mol. The van der Waals surface area contributed by atoms with E-state index in [0.29, 0.717) is 16.3 Å². The van der Waals surface area contributed by atoms with Crippen LogP contribution in [0.4, 0.5) is 11.4 Å². The minimum atomic E-state index is -0.472. The topological polar surface area (TPSA) is 75.7 Å². The number of aryl methyl sites for hydroxylation is 2. The Morgan fingerprint density at radius 2 is 1.89 bits per heavy atom. The van der Waals surface area contributed by atoms with Crippen molar-refractivity contribution in [1.29, 1.82) is 0 Å². The van der Waals surface area contributed by atoms with Crippen molar-refractivity contribution in [2.45, 2.75) is 38.5 Å². The number of carbonyl (C=O) groups is 3. The molecular weight excluding hydrogens is 376 g/mol. The summed E-state index contributed by atoms with van der Waals surface area (Å²) in [5.41, 5.74) is 2.43. The summed E-state index contributed by atoms with van der Waals surface area (Å²) in [6.45, 7) is -0.469. The van der Waals surface area contributed by atoms with E-state index >= 15 is 0 Å². The van der Waals surface area contributed by atoms with Crippen molar-refractivity contribution in [1.82, 2.24) is 0 Å². The van der Waals surface area contributed by atoms with Gasteiger partial charge in [0.2, 0.25) is 5.91 Å². The van der Waals surface area contributed by atoms with Crippen LogP contribution >= 0.6 is 11.3 Å². The third-order valence-electron chi connectivity index (χ3n) is 5.10. The zero-order valence-corrected chi connectivity index (χ0v) is 16.3. The number of amides is 2. The maximum Gasteiger partial charge on any atom is 0.348 e. The summed E-state index contributed by atoms with van der Waals surface area (Å²) in [6, 6.07) is 9.00. The fraction of sp³-hybridized carbons (Fsp3) is 0.381. The summed E-state index contributed by atoms with van der Waals surface area (Å²) in [4.78, 5) is 40.1. The van der Waals surface area contributed by atoms with Crippen molar-refractivity contribution in [3.8, 4) is 0 Å². The van der Waals surface area contributed by atoms with Gasteiger partial charge in [-0.15, -0.1) is 11.3 Å². The number of rotatable bonds is 3. The SMILES string of the molecule is O=C1CN(C(=O)COC(=O)c2cc3c(s2)CCCCCC3)c2ccccc2N1. The highest BCUT2D eigenvalue weighted by Crippen LogP contribution is 2.30. The van der Waals surface area contributed by atoms with Gasteiger partial charge < -0.3 is 10.1 Å². The smallest absolute Gasteiger partial charge is 0.348 e. The van der Waals surface area contributed by atoms with Gasteiger partial charge in [-0.3, -0.25) is 14.5 Å². The Kier molecular flexibility index (Phi) is 5.43. The molecule has 1 aromatic carbocycles. The average Bonchev–Trinajstić information content (AvgIpc) is 3.07. The molecule has 4 rings (SSSR count). The summed E-state index contributed by atoms with van der Waals surface area (Å²) in [5, 5.41) is 2.73. The molecule has 6 nitrogen and oxygen atoms in total. The van der Waals surface area contributed by atoms with E-state index in [1.165, 1.54) is 39.5 Å². The van der Waals surface area contributed by atoms with Gasteiger partial charge in [-0.05, 0) is 49.4 Å². The van der Waals surface area contributed by atoms with Crippen LogP contribution in [0, 0.1) is 0 Å². The number of hydrogen-bond acceptors (Lipinski definition) is 5. The third-order valence-corrected chi connectivity index (χ3v) is 6.31. The van der Waals surface area contributed by atoms with Gasteiger partial charge in [-0.25, -0.2) is 4.79 Å². The molecule has 2 aliphatic rings. The molecule has 0 saturated heterocycles. The van der Waals surface area contributed by atoms with Crippen molar-refractivity contribution in [3.05, 3.63) is 45.6 Å². The molecule has 28 heavy (non-hydrogen) atoms. The van der Waals surface area contributed by atoms with Gasteiger partial charge in [0, 0.05) is 4.88 Å². The Morgan fingerprint density at radius 1 is 1.11 bits per heavy atom. The summed E-state index contributed by atoms with van der Waals surface area (Å²) >= 11 is 1.48. The molecule has 0 unspecified atom stereocenters. The number of hydrogen-bond donors (Lipinski definition) is 1. The van der Waals surface area contributed by atoms with Gasteiger partial charge in [-0.1, -0.05) is 25.0 Å². The van der Waals surface area contributed by atoms with Crippen LogP contribution < -0.4 is 10.2 Å². The molecule has 0 saturated carbocycles. The Hall–Kier alpha value is -2.67. The minimum Gasteiger partial charge on any atom is -0.451 e. The third kappa shape index (κ3) is 3.94. The van der Waals surface area contributed by atoms with Crippen LogP contribution in [0.3, 0.4) is 0 Å². The molecule has 2 amide bonds. The standard InChI is InChI=1S/C21H22N2O4S/c24-19-12-23(16-9-6-5-8-15(16)22-19)20(25)13-27-21(26)18-11-14-7-3-1-2-4-10-17(14)28-18/h5-6,8-9,11H,1-4,7,10,12-13H2,(H,22,24). The second-order valence-electron chi connectivity index (χ2n) is 7.09. The number of esters is 1. The second kappa shape index (κ2) is 8.14. The van der Waals surface area contributed by atoms with Gasteiger partial charge in [0.15, 0.2) is 6.61 Å². The van der Waals surface area contributed by atoms with Crippen LogP contribution in [0.1, 0.15) is 45.8 Å². The number of fused-ring (bicyclic) bond motifs is 2. The van der Waals surface area contributed by atoms with E-state index < -0.39 is 11.9 Å². The van der Waals surface area contributed by atoms with Crippen LogP contribution in [0.15, 0.2) is 30.3 Å². The Balaban J connectivity index is 1.42. The number of nitrogens with one attached hydrogen (secondary N) is 1. The number of carbonyl (C=O) groups excluding carboxylic acids is 3. The second-order valence-corrected chi connectivity index (χ2v) is 8.23. The molecule has 1 aromatic heterocycles. The summed E-state index contributed by atoms with van der Waals surface area (Å²) in [7, 11) is 0. The zero-order chi connectivity index (χ0) is 19.5. The van der Waals surface area contributed by atoms with E-state index in [-0.39, 0.29) is 19.1 Å². The number of anilines is 2. The van der Waals surface area contributed by atoms with Crippen molar-refractivity contribution in [2.75, 3.05) is 23.4 Å². The molecule has 0 fully saturated rings. The molecule has 1 N–H and O–H groups in total. The number of benzene rings is 1. The maximum atomic E-state index is 12.6. The lowest BCUT2D eigenvalue weighted by molar-refractivity contribution is -0.124. The van der Waals surface area contributed by atoms with Gasteiger partial charge in [0.25, 0.3) is 5.91 Å². The molecule has 2 aromatic rings. The van der Waals surface area contributed by atoms with Crippen molar-refractivity contribution in [3.63, 3.8) is 0 Å². The quantitative estimate of drug-likeness (QED) is 0.803. The summed E-state index contributed by atoms with van der Waals surface area (Å²) in [5.74, 6) is -1.15. The van der Waals surface area contributed by atoms with E-state index in [1.54, 1.807) is 24.3 Å². The molecule has 2 heterocycles. The first-order valence-electron chi connectivity index (χ1n) is 9.60. The van der Waals surface area contributed by atoms with Crippen molar-refractivity contribution < 1.29 is 19.1 Å². The number of para-hydroxylation sites is 2. The highest BCUT2D eigenvalue weighted by atomic mass is 32.1. The summed E-state index contributed by atoms with van der Waals surface area (Å²) in [6.07, 6.45) is 6.76. The van der Waals surface area contributed by atoms with E-state index in [2.05, 4.69) is 5.32 Å². The number of thiophene rings is 1. The predicted octanol–water partition coefficient (Wildman–Crippen LogP) is 3.55. The fourth-order valence-corrected chi connectivity index (χ4v) is 4.82. The highest BCUT2D eigenvalue weighted by molar-refractivity contribution is 7.14. The minimum absolute atomic E-state index is 0.0826. The van der Waals surface area contributed by atoms with E-state index in [9.17, 15) is 14.4 Å². The molecule has 0 bridgehead atoms. The van der Waals surface area contributed by atoms with Gasteiger partial charge in [-0.2, -0.15) is 0 Å². The molecule has 0 radical (unpaired) electrons. The van der Waals surface area contributed by atoms with E-state index in [4.69, 9.17) is 4.74 Å². The molecule has 1 aliphatic heterocycles. The van der Waals surface area contributed by atoms with Crippen LogP contribution in [0.25, 0.3) is 0 Å². The largest absolute Gasteiger partial charge is 0.451 e. The molecular formula is C21H22N2O4S. The Morgan fingerprint density at radius 3 is 2.75 bits per heavy atom. The lowest BCUT2D eigenvalue weighted by Gasteiger charge is -2.28. The first-order valence-corrected chi connectivity index (χ1v) is 10.4. The molecule has 7 heteroatoms. The lowest BCUT2D eigenvalue weighted by Crippen LogP contribution is -2.44. The number of ether oxygens (including phenoxy) is 1. The first-order chi connectivity index (χ1) is 13.6. The van der Waals surface area contributed by atoms with Crippen LogP contribution in [-0.4, -0.2) is 30.9 Å². The molecule has 0 spiro atoms. The normalized spacial score (nSPS) is 16.3. The van der Waals surface area contributed by atoms with Crippen molar-refractivity contribution in [2.24, 2.45) is 0 Å². The maximum absolute atomic E-state index is 12.6.